The highest BCUT2D eigenvalue weighted by Crippen LogP contribution is 2.37. The maximum Gasteiger partial charge on any atom is 0.418 e. The van der Waals surface area contributed by atoms with Crippen molar-refractivity contribution in [2.75, 3.05) is 12.3 Å². The number of nitrogens with one attached hydrogen (secondary N) is 2. The fourth-order valence-electron chi connectivity index (χ4n) is 2.80. The van der Waals surface area contributed by atoms with Crippen LogP contribution in [-0.4, -0.2) is 39.0 Å². The van der Waals surface area contributed by atoms with Crippen molar-refractivity contribution in [3.05, 3.63) is 59.1 Å². The molecule has 0 bridgehead atoms. The lowest BCUT2D eigenvalue weighted by atomic mass is 10.1. The Morgan fingerprint density at radius 3 is 2.56 bits per heavy atom. The van der Waals surface area contributed by atoms with E-state index in [1.807, 2.05) is 0 Å². The normalized spacial score (nSPS) is 11.3. The van der Waals surface area contributed by atoms with Gasteiger partial charge in [0.25, 0.3) is 0 Å². The van der Waals surface area contributed by atoms with Crippen LogP contribution in [0.15, 0.2) is 53.7 Å². The summed E-state index contributed by atoms with van der Waals surface area (Å²) in [6.07, 6.45) is -4.63. The molecular formula is C20H17ClF3N5O2S. The van der Waals surface area contributed by atoms with Crippen molar-refractivity contribution < 1.29 is 22.8 Å². The van der Waals surface area contributed by atoms with Gasteiger partial charge in [-0.25, -0.2) is 4.79 Å². The molecule has 0 atom stereocenters. The van der Waals surface area contributed by atoms with E-state index in [2.05, 4.69) is 20.8 Å². The third-order valence-corrected chi connectivity index (χ3v) is 5.25. The summed E-state index contributed by atoms with van der Waals surface area (Å²) >= 11 is 6.89. The number of hydrogen-bond donors (Lipinski definition) is 2. The standard InChI is InChI=1S/C20H17ClF3N5O2S/c1-2-25-18(31)26-16(30)11-32-19-28-27-17(12-6-5-7-13(21)10-12)29(19)15-9-4-3-8-14(15)20(22,23)24/h3-10H,2,11H2,1H3,(H2,25,26,30,31). The van der Waals surface area contributed by atoms with Crippen LogP contribution >= 0.6 is 23.4 Å². The van der Waals surface area contributed by atoms with Gasteiger partial charge in [0.1, 0.15) is 0 Å². The molecule has 1 heterocycles. The Morgan fingerprint density at radius 2 is 1.88 bits per heavy atom. The van der Waals surface area contributed by atoms with Crippen LogP contribution in [0.4, 0.5) is 18.0 Å². The van der Waals surface area contributed by atoms with Crippen LogP contribution in [0, 0.1) is 0 Å². The lowest BCUT2D eigenvalue weighted by Gasteiger charge is -2.16. The number of urea groups is 1. The van der Waals surface area contributed by atoms with Crippen molar-refractivity contribution in [3.8, 4) is 17.1 Å². The van der Waals surface area contributed by atoms with E-state index in [1.165, 1.54) is 22.8 Å². The number of aromatic nitrogens is 3. The summed E-state index contributed by atoms with van der Waals surface area (Å²) in [6, 6.07) is 10.8. The molecule has 12 heteroatoms. The van der Waals surface area contributed by atoms with Gasteiger partial charge >= 0.3 is 12.2 Å². The van der Waals surface area contributed by atoms with E-state index in [1.54, 1.807) is 31.2 Å². The van der Waals surface area contributed by atoms with E-state index >= 15 is 0 Å². The number of nitrogens with zero attached hydrogens (tertiary/aromatic N) is 3. The molecular weight excluding hydrogens is 467 g/mol. The highest BCUT2D eigenvalue weighted by molar-refractivity contribution is 7.99. The van der Waals surface area contributed by atoms with Crippen LogP contribution in [0.3, 0.4) is 0 Å². The quantitative estimate of drug-likeness (QED) is 0.502. The number of amides is 3. The second kappa shape index (κ2) is 10.0. The molecule has 0 fully saturated rings. The third kappa shape index (κ3) is 5.60. The number of rotatable bonds is 6. The first-order chi connectivity index (χ1) is 15.2. The topological polar surface area (TPSA) is 88.9 Å². The predicted molar refractivity (Wildman–Crippen MR) is 115 cm³/mol. The van der Waals surface area contributed by atoms with Gasteiger partial charge in [0.2, 0.25) is 5.91 Å². The molecule has 3 amide bonds. The number of imide groups is 1. The van der Waals surface area contributed by atoms with Crippen molar-refractivity contribution in [2.24, 2.45) is 0 Å². The average molecular weight is 484 g/mol. The van der Waals surface area contributed by atoms with Gasteiger partial charge in [-0.1, -0.05) is 47.6 Å². The molecule has 2 N–H and O–H groups in total. The smallest absolute Gasteiger partial charge is 0.338 e. The largest absolute Gasteiger partial charge is 0.418 e. The first-order valence-corrected chi connectivity index (χ1v) is 10.7. The Balaban J connectivity index is 2.03. The molecule has 0 radical (unpaired) electrons. The van der Waals surface area contributed by atoms with Crippen LogP contribution in [0.1, 0.15) is 12.5 Å². The van der Waals surface area contributed by atoms with Gasteiger partial charge in [0.15, 0.2) is 11.0 Å². The lowest BCUT2D eigenvalue weighted by molar-refractivity contribution is -0.137. The summed E-state index contributed by atoms with van der Waals surface area (Å²) in [7, 11) is 0. The molecule has 3 rings (SSSR count). The molecule has 2 aromatic carbocycles. The van der Waals surface area contributed by atoms with E-state index in [4.69, 9.17) is 11.6 Å². The van der Waals surface area contributed by atoms with Crippen molar-refractivity contribution in [1.29, 1.82) is 0 Å². The Morgan fingerprint density at radius 1 is 1.12 bits per heavy atom. The maximum atomic E-state index is 13.7. The van der Waals surface area contributed by atoms with Gasteiger partial charge in [-0.3, -0.25) is 14.7 Å². The molecule has 7 nitrogen and oxygen atoms in total. The Hall–Kier alpha value is -3.05. The summed E-state index contributed by atoms with van der Waals surface area (Å²) in [6.45, 7) is 2.02. The first kappa shape index (κ1) is 23.6. The number of carbonyl (C=O) groups is 2. The van der Waals surface area contributed by atoms with Crippen LogP contribution in [0.5, 0.6) is 0 Å². The summed E-state index contributed by atoms with van der Waals surface area (Å²) in [5, 5.41) is 13.0. The van der Waals surface area contributed by atoms with Crippen molar-refractivity contribution >= 4 is 35.3 Å². The van der Waals surface area contributed by atoms with E-state index in [0.29, 0.717) is 17.1 Å². The molecule has 0 saturated carbocycles. The van der Waals surface area contributed by atoms with Gasteiger partial charge in [0.05, 0.1) is 17.0 Å². The SMILES string of the molecule is CCNC(=O)NC(=O)CSc1nnc(-c2cccc(Cl)c2)n1-c1ccccc1C(F)(F)F. The van der Waals surface area contributed by atoms with Gasteiger partial charge < -0.3 is 5.32 Å². The number of para-hydroxylation sites is 1. The maximum absolute atomic E-state index is 13.7. The van der Waals surface area contributed by atoms with Crippen LogP contribution in [0.25, 0.3) is 17.1 Å². The van der Waals surface area contributed by atoms with E-state index in [-0.39, 0.29) is 22.4 Å². The van der Waals surface area contributed by atoms with Crippen LogP contribution < -0.4 is 10.6 Å². The lowest BCUT2D eigenvalue weighted by Crippen LogP contribution is -2.40. The Bertz CT molecular complexity index is 1140. The average Bonchev–Trinajstić information content (AvgIpc) is 3.15. The number of alkyl halides is 3. The predicted octanol–water partition coefficient (Wildman–Crippen LogP) is 4.54. The molecule has 0 aliphatic heterocycles. The number of halogens is 4. The zero-order valence-electron chi connectivity index (χ0n) is 16.6. The molecule has 168 valence electrons. The Kier molecular flexibility index (Phi) is 7.41. The first-order valence-electron chi connectivity index (χ1n) is 9.29. The zero-order chi connectivity index (χ0) is 23.3. The van der Waals surface area contributed by atoms with Crippen molar-refractivity contribution in [2.45, 2.75) is 18.3 Å². The van der Waals surface area contributed by atoms with Gasteiger partial charge in [-0.05, 0) is 31.2 Å². The molecule has 32 heavy (non-hydrogen) atoms. The fourth-order valence-corrected chi connectivity index (χ4v) is 3.74. The minimum atomic E-state index is -4.63. The summed E-state index contributed by atoms with van der Waals surface area (Å²) in [4.78, 5) is 23.6. The fraction of sp³-hybridized carbons (Fsp3) is 0.200. The highest BCUT2D eigenvalue weighted by atomic mass is 35.5. The summed E-state index contributed by atoms with van der Waals surface area (Å²) < 4.78 is 42.3. The van der Waals surface area contributed by atoms with E-state index < -0.39 is 23.7 Å². The number of hydrogen-bond acceptors (Lipinski definition) is 5. The third-order valence-electron chi connectivity index (χ3n) is 4.09. The van der Waals surface area contributed by atoms with Gasteiger partial charge in [-0.15, -0.1) is 10.2 Å². The minimum absolute atomic E-state index is 0.0442. The summed E-state index contributed by atoms with van der Waals surface area (Å²) in [5.41, 5.74) is -0.649. The Labute approximate surface area is 190 Å². The minimum Gasteiger partial charge on any atom is -0.338 e. The molecule has 0 aliphatic carbocycles. The zero-order valence-corrected chi connectivity index (χ0v) is 18.2. The number of thioether (sulfide) groups is 1. The summed E-state index contributed by atoms with van der Waals surface area (Å²) in [5.74, 6) is -0.779. The second-order valence-corrected chi connectivity index (χ2v) is 7.74. The molecule has 0 aliphatic rings. The second-order valence-electron chi connectivity index (χ2n) is 6.36. The number of carbonyl (C=O) groups excluding carboxylic acids is 2. The highest BCUT2D eigenvalue weighted by Gasteiger charge is 2.35. The van der Waals surface area contributed by atoms with Crippen molar-refractivity contribution in [1.82, 2.24) is 25.4 Å². The van der Waals surface area contributed by atoms with E-state index in [0.717, 1.165) is 17.8 Å². The molecule has 0 unspecified atom stereocenters. The van der Waals surface area contributed by atoms with Crippen LogP contribution in [0.2, 0.25) is 5.02 Å². The van der Waals surface area contributed by atoms with Crippen molar-refractivity contribution in [3.63, 3.8) is 0 Å². The molecule has 1 aromatic heterocycles. The van der Waals surface area contributed by atoms with Gasteiger partial charge in [-0.2, -0.15) is 13.2 Å². The van der Waals surface area contributed by atoms with Crippen LogP contribution in [-0.2, 0) is 11.0 Å². The molecule has 3 aromatic rings. The van der Waals surface area contributed by atoms with E-state index in [9.17, 15) is 22.8 Å². The molecule has 0 saturated heterocycles. The molecule has 0 spiro atoms. The van der Waals surface area contributed by atoms with Gasteiger partial charge in [0, 0.05) is 17.1 Å². The monoisotopic (exact) mass is 483 g/mol. The number of benzene rings is 2.